The Hall–Kier alpha value is -1.35. The van der Waals surface area contributed by atoms with Crippen molar-refractivity contribution < 1.29 is 0 Å². The van der Waals surface area contributed by atoms with Crippen LogP contribution in [0.4, 0.5) is 0 Å². The molecule has 2 atom stereocenters. The number of hydrogen-bond donors (Lipinski definition) is 1. The Morgan fingerprint density at radius 2 is 2.26 bits per heavy atom. The molecule has 0 radical (unpaired) electrons. The van der Waals surface area contributed by atoms with E-state index in [1.54, 1.807) is 0 Å². The largest absolute Gasteiger partial charge is 0.308 e. The van der Waals surface area contributed by atoms with Crippen LogP contribution in [-0.4, -0.2) is 15.4 Å². The average Bonchev–Trinajstić information content (AvgIpc) is 2.72. The van der Waals surface area contributed by atoms with Crippen molar-refractivity contribution in [3.05, 3.63) is 35.8 Å². The number of rotatable bonds is 3. The van der Waals surface area contributed by atoms with Gasteiger partial charge < -0.3 is 9.72 Å². The van der Waals surface area contributed by atoms with Crippen LogP contribution in [-0.2, 0) is 6.54 Å². The zero-order chi connectivity index (χ0) is 13.2. The summed E-state index contributed by atoms with van der Waals surface area (Å²) in [5, 5.41) is 3.73. The number of nitrogens with one attached hydrogen (secondary N) is 1. The molecule has 102 valence electrons. The van der Waals surface area contributed by atoms with E-state index in [0.29, 0.717) is 6.04 Å². The Morgan fingerprint density at radius 1 is 1.37 bits per heavy atom. The molecule has 0 saturated heterocycles. The molecular weight excluding hydrogens is 234 g/mol. The third kappa shape index (κ3) is 2.66. The van der Waals surface area contributed by atoms with Crippen LogP contribution >= 0.6 is 0 Å². The average molecular weight is 257 g/mol. The van der Waals surface area contributed by atoms with Crippen LogP contribution in [0.3, 0.4) is 0 Å². The molecular formula is C16H23N3. The maximum Gasteiger partial charge on any atom is 0.137 e. The van der Waals surface area contributed by atoms with E-state index >= 15 is 0 Å². The first-order chi connectivity index (χ1) is 9.24. The second kappa shape index (κ2) is 5.33. The minimum atomic E-state index is 0.678. The van der Waals surface area contributed by atoms with Gasteiger partial charge in [-0.2, -0.15) is 0 Å². The number of nitrogens with zero attached hydrogens (tertiary/aromatic N) is 2. The molecule has 0 aromatic carbocycles. The first-order valence-electron chi connectivity index (χ1n) is 7.40. The van der Waals surface area contributed by atoms with Gasteiger partial charge in [-0.25, -0.2) is 4.98 Å². The minimum absolute atomic E-state index is 0.678. The lowest BCUT2D eigenvalue weighted by molar-refractivity contribution is 0.299. The Bertz CT molecular complexity index is 558. The SMILES string of the molecule is Cc1nc2ccccn2c1CNC1CCCC(C)C1. The molecule has 1 fully saturated rings. The lowest BCUT2D eigenvalue weighted by Gasteiger charge is -2.27. The molecule has 2 heterocycles. The molecule has 1 aliphatic rings. The van der Waals surface area contributed by atoms with Crippen LogP contribution in [0.5, 0.6) is 0 Å². The highest BCUT2D eigenvalue weighted by molar-refractivity contribution is 5.42. The van der Waals surface area contributed by atoms with Gasteiger partial charge in [0, 0.05) is 18.8 Å². The van der Waals surface area contributed by atoms with Crippen molar-refractivity contribution in [2.24, 2.45) is 5.92 Å². The summed E-state index contributed by atoms with van der Waals surface area (Å²) in [4.78, 5) is 4.61. The molecule has 2 unspecified atom stereocenters. The Kier molecular flexibility index (Phi) is 3.56. The van der Waals surface area contributed by atoms with E-state index in [2.05, 4.69) is 46.9 Å². The first-order valence-corrected chi connectivity index (χ1v) is 7.40. The molecule has 3 rings (SSSR count). The highest BCUT2D eigenvalue weighted by Gasteiger charge is 2.19. The normalized spacial score (nSPS) is 23.9. The topological polar surface area (TPSA) is 29.3 Å². The fourth-order valence-corrected chi connectivity index (χ4v) is 3.24. The summed E-state index contributed by atoms with van der Waals surface area (Å²) < 4.78 is 2.20. The van der Waals surface area contributed by atoms with E-state index in [9.17, 15) is 0 Å². The molecule has 0 amide bonds. The number of pyridine rings is 1. The van der Waals surface area contributed by atoms with E-state index in [-0.39, 0.29) is 0 Å². The van der Waals surface area contributed by atoms with Gasteiger partial charge in [0.2, 0.25) is 0 Å². The standard InChI is InChI=1S/C16H23N3/c1-12-6-5-7-14(10-12)17-11-15-13(2)18-16-8-3-4-9-19(15)16/h3-4,8-9,12,14,17H,5-7,10-11H2,1-2H3. The number of aryl methyl sites for hydroxylation is 1. The van der Waals surface area contributed by atoms with Crippen molar-refractivity contribution in [2.45, 2.75) is 52.1 Å². The molecule has 19 heavy (non-hydrogen) atoms. The molecule has 2 aromatic rings. The number of imidazole rings is 1. The highest BCUT2D eigenvalue weighted by Crippen LogP contribution is 2.24. The van der Waals surface area contributed by atoms with Crippen LogP contribution < -0.4 is 5.32 Å². The van der Waals surface area contributed by atoms with Crippen molar-refractivity contribution in [3.8, 4) is 0 Å². The maximum atomic E-state index is 4.61. The van der Waals surface area contributed by atoms with E-state index in [4.69, 9.17) is 0 Å². The van der Waals surface area contributed by atoms with Gasteiger partial charge in [0.25, 0.3) is 0 Å². The second-order valence-electron chi connectivity index (χ2n) is 5.92. The van der Waals surface area contributed by atoms with Crippen LogP contribution in [0.15, 0.2) is 24.4 Å². The van der Waals surface area contributed by atoms with Crippen LogP contribution in [0.2, 0.25) is 0 Å². The number of aromatic nitrogens is 2. The van der Waals surface area contributed by atoms with Gasteiger partial charge in [0.1, 0.15) is 5.65 Å². The van der Waals surface area contributed by atoms with Gasteiger partial charge in [-0.1, -0.05) is 25.8 Å². The molecule has 0 bridgehead atoms. The summed E-state index contributed by atoms with van der Waals surface area (Å²) in [6.07, 6.45) is 7.50. The Labute approximate surface area is 115 Å². The zero-order valence-corrected chi connectivity index (χ0v) is 11.9. The summed E-state index contributed by atoms with van der Waals surface area (Å²) in [6.45, 7) is 5.40. The molecule has 3 nitrogen and oxygen atoms in total. The van der Waals surface area contributed by atoms with E-state index in [1.807, 2.05) is 6.07 Å². The van der Waals surface area contributed by atoms with Crippen LogP contribution in [0.25, 0.3) is 5.65 Å². The molecule has 0 aliphatic heterocycles. The molecule has 1 N–H and O–H groups in total. The van der Waals surface area contributed by atoms with Crippen molar-refractivity contribution in [1.29, 1.82) is 0 Å². The van der Waals surface area contributed by atoms with E-state index in [0.717, 1.165) is 23.8 Å². The molecule has 2 aromatic heterocycles. The van der Waals surface area contributed by atoms with Gasteiger partial charge in [-0.15, -0.1) is 0 Å². The van der Waals surface area contributed by atoms with Crippen molar-refractivity contribution in [3.63, 3.8) is 0 Å². The van der Waals surface area contributed by atoms with Gasteiger partial charge in [-0.3, -0.25) is 0 Å². The minimum Gasteiger partial charge on any atom is -0.308 e. The second-order valence-corrected chi connectivity index (χ2v) is 5.92. The summed E-state index contributed by atoms with van der Waals surface area (Å²) in [5.41, 5.74) is 3.49. The predicted molar refractivity (Wildman–Crippen MR) is 78.2 cm³/mol. The number of hydrogen-bond acceptors (Lipinski definition) is 2. The Balaban J connectivity index is 1.73. The molecule has 1 aliphatic carbocycles. The quantitative estimate of drug-likeness (QED) is 0.914. The van der Waals surface area contributed by atoms with Crippen LogP contribution in [0.1, 0.15) is 44.0 Å². The first kappa shape index (κ1) is 12.7. The fraction of sp³-hybridized carbons (Fsp3) is 0.562. The summed E-state index contributed by atoms with van der Waals surface area (Å²) in [6, 6.07) is 6.86. The van der Waals surface area contributed by atoms with Gasteiger partial charge in [0.05, 0.1) is 11.4 Å². The summed E-state index contributed by atoms with van der Waals surface area (Å²) in [5.74, 6) is 0.870. The third-order valence-corrected chi connectivity index (χ3v) is 4.32. The number of fused-ring (bicyclic) bond motifs is 1. The lowest BCUT2D eigenvalue weighted by atomic mass is 9.87. The van der Waals surface area contributed by atoms with E-state index in [1.165, 1.54) is 31.4 Å². The van der Waals surface area contributed by atoms with Gasteiger partial charge in [0.15, 0.2) is 0 Å². The predicted octanol–water partition coefficient (Wildman–Crippen LogP) is 3.31. The lowest BCUT2D eigenvalue weighted by Crippen LogP contribution is -2.33. The summed E-state index contributed by atoms with van der Waals surface area (Å²) >= 11 is 0. The third-order valence-electron chi connectivity index (χ3n) is 4.32. The summed E-state index contributed by atoms with van der Waals surface area (Å²) in [7, 11) is 0. The Morgan fingerprint density at radius 3 is 3.11 bits per heavy atom. The van der Waals surface area contributed by atoms with Crippen molar-refractivity contribution in [1.82, 2.24) is 14.7 Å². The molecule has 1 saturated carbocycles. The smallest absolute Gasteiger partial charge is 0.137 e. The molecule has 3 heteroatoms. The van der Waals surface area contributed by atoms with Gasteiger partial charge in [-0.05, 0) is 37.8 Å². The van der Waals surface area contributed by atoms with Crippen molar-refractivity contribution >= 4 is 5.65 Å². The zero-order valence-electron chi connectivity index (χ0n) is 11.9. The highest BCUT2D eigenvalue weighted by atomic mass is 15.0. The fourth-order valence-electron chi connectivity index (χ4n) is 3.24. The molecule has 0 spiro atoms. The van der Waals surface area contributed by atoms with Crippen molar-refractivity contribution in [2.75, 3.05) is 0 Å². The van der Waals surface area contributed by atoms with Crippen LogP contribution in [0, 0.1) is 12.8 Å². The maximum absolute atomic E-state index is 4.61. The monoisotopic (exact) mass is 257 g/mol. The van der Waals surface area contributed by atoms with Gasteiger partial charge >= 0.3 is 0 Å². The van der Waals surface area contributed by atoms with E-state index < -0.39 is 0 Å².